The molecule has 92 valence electrons. The number of carboxylic acids is 1. The topological polar surface area (TPSA) is 101 Å². The molecule has 1 rings (SSSR count). The Hall–Kier alpha value is -1.15. The lowest BCUT2D eigenvalue weighted by Crippen LogP contribution is -2.53. The molecule has 1 N–H and O–H groups in total. The lowest BCUT2D eigenvalue weighted by molar-refractivity contribution is -0.157. The molecule has 0 saturated carbocycles. The Morgan fingerprint density at radius 1 is 1.50 bits per heavy atom. The Morgan fingerprint density at radius 3 is 2.62 bits per heavy atom. The van der Waals surface area contributed by atoms with E-state index in [0.29, 0.717) is 0 Å². The van der Waals surface area contributed by atoms with E-state index in [1.807, 2.05) is 0 Å². The monoisotopic (exact) mass is 251 g/mol. The van der Waals surface area contributed by atoms with Gasteiger partial charge in [0.2, 0.25) is 5.91 Å². The number of rotatable bonds is 3. The summed E-state index contributed by atoms with van der Waals surface area (Å²) in [4.78, 5) is 23.4. The molecular formula is C8H13NO6S. The van der Waals surface area contributed by atoms with E-state index >= 15 is 0 Å². The molecule has 16 heavy (non-hydrogen) atoms. The highest BCUT2D eigenvalue weighted by atomic mass is 32.2. The summed E-state index contributed by atoms with van der Waals surface area (Å²) in [5, 5.41) is 8.83. The highest BCUT2D eigenvalue weighted by Gasteiger charge is 2.33. The lowest BCUT2D eigenvalue weighted by atomic mass is 10.2. The zero-order valence-corrected chi connectivity index (χ0v) is 9.57. The van der Waals surface area contributed by atoms with Crippen LogP contribution in [0.3, 0.4) is 0 Å². The summed E-state index contributed by atoms with van der Waals surface area (Å²) in [5.74, 6) is -2.56. The molecule has 0 aliphatic carbocycles. The van der Waals surface area contributed by atoms with E-state index in [1.54, 1.807) is 0 Å². The molecule has 0 bridgehead atoms. The molecule has 0 spiro atoms. The van der Waals surface area contributed by atoms with Crippen LogP contribution in [0.15, 0.2) is 0 Å². The van der Waals surface area contributed by atoms with Gasteiger partial charge in [0.05, 0.1) is 13.2 Å². The van der Waals surface area contributed by atoms with Crippen LogP contribution in [-0.4, -0.2) is 68.1 Å². The van der Waals surface area contributed by atoms with Crippen molar-refractivity contribution in [1.29, 1.82) is 0 Å². The molecule has 1 aliphatic rings. The van der Waals surface area contributed by atoms with Crippen molar-refractivity contribution in [3.05, 3.63) is 0 Å². The minimum absolute atomic E-state index is 0.103. The van der Waals surface area contributed by atoms with E-state index in [9.17, 15) is 18.0 Å². The summed E-state index contributed by atoms with van der Waals surface area (Å²) >= 11 is 0. The van der Waals surface area contributed by atoms with Gasteiger partial charge in [-0.1, -0.05) is 0 Å². The van der Waals surface area contributed by atoms with Gasteiger partial charge >= 0.3 is 5.97 Å². The van der Waals surface area contributed by atoms with Gasteiger partial charge in [-0.2, -0.15) is 0 Å². The van der Waals surface area contributed by atoms with E-state index < -0.39 is 33.5 Å². The first-order chi connectivity index (χ1) is 7.31. The number of morpholine rings is 1. The summed E-state index contributed by atoms with van der Waals surface area (Å²) in [6.45, 7) is 0.218. The van der Waals surface area contributed by atoms with Gasteiger partial charge in [0.25, 0.3) is 0 Å². The number of hydrogen-bond donors (Lipinski definition) is 1. The largest absolute Gasteiger partial charge is 0.480 e. The molecule has 8 heteroatoms. The molecule has 0 radical (unpaired) electrons. The van der Waals surface area contributed by atoms with Gasteiger partial charge in [-0.3, -0.25) is 4.79 Å². The molecule has 0 aromatic heterocycles. The fourth-order valence-corrected chi connectivity index (χ4v) is 2.03. The van der Waals surface area contributed by atoms with E-state index in [4.69, 9.17) is 9.84 Å². The van der Waals surface area contributed by atoms with Gasteiger partial charge in [-0.15, -0.1) is 0 Å². The fourth-order valence-electron chi connectivity index (χ4n) is 1.41. The molecule has 1 amide bonds. The van der Waals surface area contributed by atoms with Crippen LogP contribution >= 0.6 is 0 Å². The number of aliphatic carboxylic acids is 1. The SMILES string of the molecule is CS(=O)(=O)CC(=O)N1CCOCC1C(=O)O. The Morgan fingerprint density at radius 2 is 2.12 bits per heavy atom. The predicted octanol–water partition coefficient (Wildman–Crippen LogP) is -1.66. The minimum atomic E-state index is -3.45. The Bertz CT molecular complexity index is 389. The maximum absolute atomic E-state index is 11.6. The zero-order chi connectivity index (χ0) is 12.3. The van der Waals surface area contributed by atoms with E-state index in [1.165, 1.54) is 0 Å². The molecule has 1 heterocycles. The zero-order valence-electron chi connectivity index (χ0n) is 8.75. The van der Waals surface area contributed by atoms with Crippen molar-refractivity contribution in [3.63, 3.8) is 0 Å². The second kappa shape index (κ2) is 4.79. The van der Waals surface area contributed by atoms with Crippen LogP contribution in [0.2, 0.25) is 0 Å². The molecule has 1 aliphatic heterocycles. The summed E-state index contributed by atoms with van der Waals surface area (Å²) in [6, 6.07) is -1.09. The standard InChI is InChI=1S/C8H13NO6S/c1-16(13,14)5-7(10)9-2-3-15-4-6(9)8(11)12/h6H,2-5H2,1H3,(H,11,12). The first kappa shape index (κ1) is 12.9. The normalized spacial score (nSPS) is 21.8. The maximum atomic E-state index is 11.6. The third-order valence-electron chi connectivity index (χ3n) is 2.12. The van der Waals surface area contributed by atoms with Crippen LogP contribution in [0.5, 0.6) is 0 Å². The van der Waals surface area contributed by atoms with Crippen molar-refractivity contribution < 1.29 is 27.9 Å². The second-order valence-electron chi connectivity index (χ2n) is 3.59. The molecule has 0 aromatic rings. The van der Waals surface area contributed by atoms with Gasteiger partial charge in [-0.05, 0) is 0 Å². The van der Waals surface area contributed by atoms with Crippen LogP contribution < -0.4 is 0 Å². The van der Waals surface area contributed by atoms with E-state index in [-0.39, 0.29) is 19.8 Å². The molecule has 1 atom stereocenters. The van der Waals surface area contributed by atoms with Crippen LogP contribution in [-0.2, 0) is 24.2 Å². The van der Waals surface area contributed by atoms with Gasteiger partial charge in [0.15, 0.2) is 15.9 Å². The van der Waals surface area contributed by atoms with Crippen molar-refractivity contribution in [2.75, 3.05) is 31.8 Å². The average molecular weight is 251 g/mol. The number of ether oxygens (including phenoxy) is 1. The fraction of sp³-hybridized carbons (Fsp3) is 0.750. The number of carbonyl (C=O) groups excluding carboxylic acids is 1. The molecular weight excluding hydrogens is 238 g/mol. The maximum Gasteiger partial charge on any atom is 0.328 e. The van der Waals surface area contributed by atoms with Gasteiger partial charge in [-0.25, -0.2) is 13.2 Å². The Labute approximate surface area is 92.9 Å². The summed E-state index contributed by atoms with van der Waals surface area (Å²) in [7, 11) is -3.45. The van der Waals surface area contributed by atoms with E-state index in [2.05, 4.69) is 0 Å². The quantitative estimate of drug-likeness (QED) is 0.644. The third kappa shape index (κ3) is 3.46. The Balaban J connectivity index is 2.76. The predicted molar refractivity (Wildman–Crippen MR) is 53.7 cm³/mol. The van der Waals surface area contributed by atoms with Crippen molar-refractivity contribution in [3.8, 4) is 0 Å². The van der Waals surface area contributed by atoms with Gasteiger partial charge < -0.3 is 14.7 Å². The summed E-state index contributed by atoms with van der Waals surface area (Å²) < 4.78 is 26.8. The highest BCUT2D eigenvalue weighted by Crippen LogP contribution is 2.08. The number of sulfone groups is 1. The van der Waals surface area contributed by atoms with Crippen molar-refractivity contribution in [2.24, 2.45) is 0 Å². The number of nitrogens with zero attached hydrogens (tertiary/aromatic N) is 1. The van der Waals surface area contributed by atoms with Crippen LogP contribution in [0, 0.1) is 0 Å². The molecule has 1 saturated heterocycles. The van der Waals surface area contributed by atoms with Crippen molar-refractivity contribution in [1.82, 2.24) is 4.90 Å². The van der Waals surface area contributed by atoms with Gasteiger partial charge in [0, 0.05) is 12.8 Å². The van der Waals surface area contributed by atoms with Crippen molar-refractivity contribution >= 4 is 21.7 Å². The second-order valence-corrected chi connectivity index (χ2v) is 5.73. The number of carboxylic acid groups (broad SMARTS) is 1. The minimum Gasteiger partial charge on any atom is -0.480 e. The highest BCUT2D eigenvalue weighted by molar-refractivity contribution is 7.91. The summed E-state index contributed by atoms with van der Waals surface area (Å²) in [6.07, 6.45) is 0.932. The Kier molecular flexibility index (Phi) is 3.87. The molecule has 7 nitrogen and oxygen atoms in total. The smallest absolute Gasteiger partial charge is 0.328 e. The van der Waals surface area contributed by atoms with E-state index in [0.717, 1.165) is 11.2 Å². The van der Waals surface area contributed by atoms with Gasteiger partial charge in [0.1, 0.15) is 5.75 Å². The third-order valence-corrected chi connectivity index (χ3v) is 2.89. The molecule has 1 fully saturated rings. The average Bonchev–Trinajstić information content (AvgIpc) is 2.15. The van der Waals surface area contributed by atoms with Crippen LogP contribution in [0.1, 0.15) is 0 Å². The number of carbonyl (C=O) groups is 2. The molecule has 0 aromatic carbocycles. The number of hydrogen-bond acceptors (Lipinski definition) is 5. The first-order valence-corrected chi connectivity index (χ1v) is 6.65. The van der Waals surface area contributed by atoms with Crippen LogP contribution in [0.25, 0.3) is 0 Å². The lowest BCUT2D eigenvalue weighted by Gasteiger charge is -2.32. The number of amides is 1. The first-order valence-electron chi connectivity index (χ1n) is 4.59. The molecule has 1 unspecified atom stereocenters. The van der Waals surface area contributed by atoms with Crippen molar-refractivity contribution in [2.45, 2.75) is 6.04 Å². The van der Waals surface area contributed by atoms with Crippen LogP contribution in [0.4, 0.5) is 0 Å². The summed E-state index contributed by atoms with van der Waals surface area (Å²) in [5.41, 5.74) is 0.